The molecule has 1 saturated carbocycles. The molecule has 0 amide bonds. The van der Waals surface area contributed by atoms with Crippen LogP contribution in [0.2, 0.25) is 5.02 Å². The van der Waals surface area contributed by atoms with Crippen LogP contribution in [0.25, 0.3) is 0 Å². The van der Waals surface area contributed by atoms with Gasteiger partial charge in [0.1, 0.15) is 5.82 Å². The molecule has 1 fully saturated rings. The first-order chi connectivity index (χ1) is 7.09. The van der Waals surface area contributed by atoms with E-state index < -0.39 is 0 Å². The van der Waals surface area contributed by atoms with Gasteiger partial charge in [-0.3, -0.25) is 0 Å². The zero-order chi connectivity index (χ0) is 11.0. The van der Waals surface area contributed by atoms with E-state index in [0.29, 0.717) is 16.5 Å². The summed E-state index contributed by atoms with van der Waals surface area (Å²) in [6.07, 6.45) is 3.40. The molecule has 0 heterocycles. The van der Waals surface area contributed by atoms with Crippen molar-refractivity contribution < 1.29 is 4.39 Å². The molecule has 0 bridgehead atoms. The summed E-state index contributed by atoms with van der Waals surface area (Å²) in [7, 11) is 0. The molecule has 1 atom stereocenters. The Bertz CT molecular complexity index is 372. The molecule has 0 N–H and O–H groups in total. The number of hydrogen-bond donors (Lipinski definition) is 0. The highest BCUT2D eigenvalue weighted by molar-refractivity contribution is 6.31. The van der Waals surface area contributed by atoms with Gasteiger partial charge < -0.3 is 0 Å². The zero-order valence-corrected chi connectivity index (χ0v) is 10.1. The van der Waals surface area contributed by atoms with Crippen LogP contribution >= 0.6 is 23.2 Å². The Kier molecular flexibility index (Phi) is 3.22. The largest absolute Gasteiger partial charge is 0.207 e. The smallest absolute Gasteiger partial charge is 0.128 e. The molecule has 0 spiro atoms. The Morgan fingerprint density at radius 2 is 2.07 bits per heavy atom. The molecule has 0 aromatic heterocycles. The quantitative estimate of drug-likeness (QED) is 0.654. The molecular formula is C12H13Cl2F. The van der Waals surface area contributed by atoms with Crippen molar-refractivity contribution in [1.29, 1.82) is 0 Å². The molecule has 1 aromatic rings. The summed E-state index contributed by atoms with van der Waals surface area (Å²) in [6.45, 7) is 1.79. The van der Waals surface area contributed by atoms with Crippen molar-refractivity contribution in [2.75, 3.05) is 0 Å². The van der Waals surface area contributed by atoms with E-state index in [1.165, 1.54) is 12.5 Å². The fourth-order valence-corrected chi connectivity index (χ4v) is 2.45. The molecule has 15 heavy (non-hydrogen) atoms. The van der Waals surface area contributed by atoms with Crippen LogP contribution in [0.4, 0.5) is 4.39 Å². The second-order valence-corrected chi connectivity index (χ2v) is 5.09. The topological polar surface area (TPSA) is 0 Å². The molecule has 0 radical (unpaired) electrons. The highest BCUT2D eigenvalue weighted by Gasteiger charge is 2.28. The van der Waals surface area contributed by atoms with Crippen LogP contribution in [0.3, 0.4) is 0 Å². The van der Waals surface area contributed by atoms with E-state index in [4.69, 9.17) is 23.2 Å². The van der Waals surface area contributed by atoms with Crippen molar-refractivity contribution in [3.8, 4) is 0 Å². The summed E-state index contributed by atoms with van der Waals surface area (Å²) < 4.78 is 13.7. The minimum absolute atomic E-state index is 0.225. The van der Waals surface area contributed by atoms with Crippen molar-refractivity contribution in [1.82, 2.24) is 0 Å². The standard InChI is InChI=1S/C12H13Cl2F/c1-7-5-11(15)9(6-10(7)13)12(14)8-3-2-4-8/h5-6,8,12H,2-4H2,1H3. The van der Waals surface area contributed by atoms with Gasteiger partial charge in [-0.15, -0.1) is 11.6 Å². The van der Waals surface area contributed by atoms with Crippen molar-refractivity contribution in [2.24, 2.45) is 5.92 Å². The summed E-state index contributed by atoms with van der Waals surface area (Å²) in [5.41, 5.74) is 1.31. The summed E-state index contributed by atoms with van der Waals surface area (Å²) in [4.78, 5) is 0. The van der Waals surface area contributed by atoms with Crippen LogP contribution in [0.5, 0.6) is 0 Å². The predicted octanol–water partition coefficient (Wildman–Crippen LogP) is 4.87. The monoisotopic (exact) mass is 246 g/mol. The van der Waals surface area contributed by atoms with Gasteiger partial charge in [0, 0.05) is 10.6 Å². The maximum Gasteiger partial charge on any atom is 0.128 e. The van der Waals surface area contributed by atoms with Crippen LogP contribution in [-0.2, 0) is 0 Å². The molecule has 1 aromatic carbocycles. The SMILES string of the molecule is Cc1cc(F)c(C(Cl)C2CCC2)cc1Cl. The summed E-state index contributed by atoms with van der Waals surface area (Å²) >= 11 is 12.2. The van der Waals surface area contributed by atoms with Gasteiger partial charge in [-0.1, -0.05) is 18.0 Å². The van der Waals surface area contributed by atoms with E-state index in [9.17, 15) is 4.39 Å². The fourth-order valence-electron chi connectivity index (χ4n) is 1.86. The summed E-state index contributed by atoms with van der Waals surface area (Å²) in [6, 6.07) is 3.13. The molecule has 2 rings (SSSR count). The van der Waals surface area contributed by atoms with E-state index >= 15 is 0 Å². The molecule has 1 aliphatic rings. The fraction of sp³-hybridized carbons (Fsp3) is 0.500. The molecule has 0 saturated heterocycles. The van der Waals surface area contributed by atoms with Gasteiger partial charge in [-0.25, -0.2) is 4.39 Å². The second kappa shape index (κ2) is 4.31. The van der Waals surface area contributed by atoms with Crippen molar-refractivity contribution >= 4 is 23.2 Å². The molecule has 1 aliphatic carbocycles. The highest BCUT2D eigenvalue weighted by atomic mass is 35.5. The van der Waals surface area contributed by atoms with Crippen LogP contribution in [-0.4, -0.2) is 0 Å². The Balaban J connectivity index is 2.30. The third-order valence-electron chi connectivity index (χ3n) is 3.14. The first-order valence-electron chi connectivity index (χ1n) is 5.19. The van der Waals surface area contributed by atoms with Gasteiger partial charge in [-0.05, 0) is 43.4 Å². The van der Waals surface area contributed by atoms with Gasteiger partial charge >= 0.3 is 0 Å². The van der Waals surface area contributed by atoms with Crippen LogP contribution in [0, 0.1) is 18.7 Å². The predicted molar refractivity (Wildman–Crippen MR) is 62.1 cm³/mol. The average Bonchev–Trinajstić information content (AvgIpc) is 2.08. The van der Waals surface area contributed by atoms with Gasteiger partial charge in [0.2, 0.25) is 0 Å². The number of rotatable bonds is 2. The number of benzene rings is 1. The second-order valence-electron chi connectivity index (χ2n) is 4.22. The number of halogens is 3. The van der Waals surface area contributed by atoms with Crippen molar-refractivity contribution in [3.05, 3.63) is 34.1 Å². The molecular weight excluding hydrogens is 234 g/mol. The third-order valence-corrected chi connectivity index (χ3v) is 4.14. The van der Waals surface area contributed by atoms with Crippen molar-refractivity contribution in [2.45, 2.75) is 31.6 Å². The average molecular weight is 247 g/mol. The molecule has 3 heteroatoms. The molecule has 0 nitrogen and oxygen atoms in total. The lowest BCUT2D eigenvalue weighted by molar-refractivity contribution is 0.302. The maximum atomic E-state index is 13.7. The Morgan fingerprint density at radius 3 is 2.60 bits per heavy atom. The third kappa shape index (κ3) is 2.14. The minimum Gasteiger partial charge on any atom is -0.207 e. The first kappa shape index (κ1) is 11.2. The lowest BCUT2D eigenvalue weighted by Crippen LogP contribution is -2.17. The van der Waals surface area contributed by atoms with E-state index in [-0.39, 0.29) is 11.2 Å². The summed E-state index contributed by atoms with van der Waals surface area (Å²) in [5.74, 6) is 0.184. The number of alkyl halides is 1. The Morgan fingerprint density at radius 1 is 1.40 bits per heavy atom. The van der Waals surface area contributed by atoms with E-state index in [2.05, 4.69) is 0 Å². The van der Waals surface area contributed by atoms with Gasteiger partial charge in [-0.2, -0.15) is 0 Å². The Labute approximate surface area is 99.4 Å². The normalized spacial score (nSPS) is 18.7. The maximum absolute atomic E-state index is 13.7. The number of hydrogen-bond acceptors (Lipinski definition) is 0. The molecule has 1 unspecified atom stereocenters. The van der Waals surface area contributed by atoms with Crippen LogP contribution in [0.15, 0.2) is 12.1 Å². The lowest BCUT2D eigenvalue weighted by atomic mass is 9.80. The van der Waals surface area contributed by atoms with Gasteiger partial charge in [0.15, 0.2) is 0 Å². The molecule has 0 aliphatic heterocycles. The zero-order valence-electron chi connectivity index (χ0n) is 8.56. The van der Waals surface area contributed by atoms with E-state index in [0.717, 1.165) is 18.4 Å². The summed E-state index contributed by atoms with van der Waals surface area (Å²) in [5, 5.41) is 0.369. The minimum atomic E-state index is -0.233. The highest BCUT2D eigenvalue weighted by Crippen LogP contribution is 2.43. The molecule has 82 valence electrons. The lowest BCUT2D eigenvalue weighted by Gasteiger charge is -2.30. The first-order valence-corrected chi connectivity index (χ1v) is 6.00. The number of aryl methyl sites for hydroxylation is 1. The van der Waals surface area contributed by atoms with Gasteiger partial charge in [0.05, 0.1) is 5.38 Å². The van der Waals surface area contributed by atoms with Crippen LogP contribution < -0.4 is 0 Å². The Hall–Kier alpha value is -0.270. The van der Waals surface area contributed by atoms with Gasteiger partial charge in [0.25, 0.3) is 0 Å². The van der Waals surface area contributed by atoms with Crippen LogP contribution in [0.1, 0.15) is 35.8 Å². The van der Waals surface area contributed by atoms with E-state index in [1.807, 2.05) is 0 Å². The van der Waals surface area contributed by atoms with Crippen molar-refractivity contribution in [3.63, 3.8) is 0 Å². The van der Waals surface area contributed by atoms with E-state index in [1.54, 1.807) is 13.0 Å².